The molecule has 5 N–H and O–H groups in total. The predicted molar refractivity (Wildman–Crippen MR) is 50.7 cm³/mol. The molecule has 70 valence electrons. The van der Waals surface area contributed by atoms with Crippen molar-refractivity contribution in [1.29, 1.82) is 0 Å². The minimum Gasteiger partial charge on any atom is -0.370 e. The fourth-order valence-corrected chi connectivity index (χ4v) is 1.48. The molecule has 1 fully saturated rings. The molecule has 1 heterocycles. The van der Waals surface area contributed by atoms with Gasteiger partial charge in [-0.2, -0.15) is 0 Å². The summed E-state index contributed by atoms with van der Waals surface area (Å²) in [5.74, 6) is 0.188. The van der Waals surface area contributed by atoms with Gasteiger partial charge >= 0.3 is 0 Å². The molecule has 0 aromatic heterocycles. The molecule has 12 heavy (non-hydrogen) atoms. The highest BCUT2D eigenvalue weighted by Gasteiger charge is 2.08. The highest BCUT2D eigenvalue weighted by Crippen LogP contribution is 2.09. The lowest BCUT2D eigenvalue weighted by atomic mass is 10.1. The van der Waals surface area contributed by atoms with E-state index in [9.17, 15) is 0 Å². The number of hydrogen-bond donors (Lipinski definition) is 3. The van der Waals surface area contributed by atoms with Gasteiger partial charge in [-0.05, 0) is 25.8 Å². The molecule has 0 aliphatic carbocycles. The minimum atomic E-state index is 0.148. The first-order valence-electron chi connectivity index (χ1n) is 4.61. The van der Waals surface area contributed by atoms with E-state index in [0.29, 0.717) is 0 Å². The van der Waals surface area contributed by atoms with E-state index >= 15 is 0 Å². The van der Waals surface area contributed by atoms with Crippen LogP contribution in [0.25, 0.3) is 0 Å². The summed E-state index contributed by atoms with van der Waals surface area (Å²) in [6, 6.07) is 0. The van der Waals surface area contributed by atoms with Crippen LogP contribution in [-0.2, 0) is 0 Å². The van der Waals surface area contributed by atoms with Crippen LogP contribution in [0.4, 0.5) is 0 Å². The van der Waals surface area contributed by atoms with Crippen molar-refractivity contribution < 1.29 is 0 Å². The van der Waals surface area contributed by atoms with E-state index < -0.39 is 0 Å². The fraction of sp³-hybridized carbons (Fsp3) is 0.875. The molecular weight excluding hydrogens is 152 g/mol. The Morgan fingerprint density at radius 1 is 1.17 bits per heavy atom. The summed E-state index contributed by atoms with van der Waals surface area (Å²) in [6.07, 6.45) is 6.28. The molecule has 1 aliphatic heterocycles. The highest BCUT2D eigenvalue weighted by molar-refractivity contribution is 5.75. The van der Waals surface area contributed by atoms with Gasteiger partial charge in [-0.25, -0.2) is 4.99 Å². The monoisotopic (exact) mass is 170 g/mol. The first-order chi connectivity index (χ1) is 5.79. The highest BCUT2D eigenvalue weighted by atomic mass is 15.1. The smallest absolute Gasteiger partial charge is 0.187 e. The standard InChI is InChI=1S/C8H18N4/c9-8(10)12-7-5-3-1-2-4-6-11-7/h7,11H,1-6H2,(H4,9,10,12). The summed E-state index contributed by atoms with van der Waals surface area (Å²) in [4.78, 5) is 4.10. The molecule has 0 spiro atoms. The maximum Gasteiger partial charge on any atom is 0.187 e. The third-order valence-electron chi connectivity index (χ3n) is 2.09. The lowest BCUT2D eigenvalue weighted by Crippen LogP contribution is -2.34. The lowest BCUT2D eigenvalue weighted by Gasteiger charge is -2.17. The van der Waals surface area contributed by atoms with Gasteiger partial charge in [0, 0.05) is 0 Å². The minimum absolute atomic E-state index is 0.148. The number of nitrogens with one attached hydrogen (secondary N) is 1. The Bertz CT molecular complexity index is 143. The Morgan fingerprint density at radius 2 is 1.92 bits per heavy atom. The average molecular weight is 170 g/mol. The molecule has 0 aromatic rings. The zero-order valence-corrected chi connectivity index (χ0v) is 7.42. The van der Waals surface area contributed by atoms with Crippen LogP contribution in [0, 0.1) is 0 Å². The number of nitrogens with zero attached hydrogens (tertiary/aromatic N) is 1. The maximum atomic E-state index is 5.30. The van der Waals surface area contributed by atoms with Crippen LogP contribution in [0.15, 0.2) is 4.99 Å². The molecule has 1 saturated heterocycles. The third kappa shape index (κ3) is 3.57. The van der Waals surface area contributed by atoms with E-state index in [4.69, 9.17) is 11.5 Å². The van der Waals surface area contributed by atoms with Crippen molar-refractivity contribution >= 4 is 5.96 Å². The topological polar surface area (TPSA) is 76.4 Å². The second kappa shape index (κ2) is 4.98. The van der Waals surface area contributed by atoms with Gasteiger partial charge in [0.05, 0.1) is 0 Å². The molecule has 1 aliphatic rings. The summed E-state index contributed by atoms with van der Waals surface area (Å²) in [7, 11) is 0. The number of nitrogens with two attached hydrogens (primary N) is 2. The Kier molecular flexibility index (Phi) is 3.87. The molecule has 0 amide bonds. The van der Waals surface area contributed by atoms with Gasteiger partial charge in [0.25, 0.3) is 0 Å². The van der Waals surface area contributed by atoms with E-state index in [1.165, 1.54) is 25.7 Å². The summed E-state index contributed by atoms with van der Waals surface area (Å²) in [6.45, 7) is 1.03. The molecule has 0 aromatic carbocycles. The largest absolute Gasteiger partial charge is 0.370 e. The zero-order chi connectivity index (χ0) is 8.81. The van der Waals surface area contributed by atoms with E-state index in [1.807, 2.05) is 0 Å². The van der Waals surface area contributed by atoms with Gasteiger partial charge in [-0.3, -0.25) is 5.32 Å². The Labute approximate surface area is 73.4 Å². The summed E-state index contributed by atoms with van der Waals surface area (Å²) >= 11 is 0. The lowest BCUT2D eigenvalue weighted by molar-refractivity contribution is 0.427. The number of aliphatic imine (C=N–C) groups is 1. The summed E-state index contributed by atoms with van der Waals surface area (Å²) < 4.78 is 0. The van der Waals surface area contributed by atoms with Crippen LogP contribution in [-0.4, -0.2) is 18.7 Å². The van der Waals surface area contributed by atoms with Gasteiger partial charge in [0.2, 0.25) is 0 Å². The van der Waals surface area contributed by atoms with Crippen LogP contribution in [0.5, 0.6) is 0 Å². The normalized spacial score (nSPS) is 25.5. The molecule has 1 rings (SSSR count). The van der Waals surface area contributed by atoms with Crippen molar-refractivity contribution in [2.24, 2.45) is 16.5 Å². The predicted octanol–water partition coefficient (Wildman–Crippen LogP) is 0.140. The van der Waals surface area contributed by atoms with Crippen molar-refractivity contribution in [3.63, 3.8) is 0 Å². The molecule has 1 atom stereocenters. The van der Waals surface area contributed by atoms with Crippen molar-refractivity contribution in [3.05, 3.63) is 0 Å². The Hall–Kier alpha value is -0.770. The Morgan fingerprint density at radius 3 is 2.67 bits per heavy atom. The second-order valence-electron chi connectivity index (χ2n) is 3.23. The zero-order valence-electron chi connectivity index (χ0n) is 7.42. The van der Waals surface area contributed by atoms with E-state index in [0.717, 1.165) is 13.0 Å². The Balaban J connectivity index is 2.34. The fourth-order valence-electron chi connectivity index (χ4n) is 1.48. The van der Waals surface area contributed by atoms with Crippen molar-refractivity contribution in [2.75, 3.05) is 6.54 Å². The van der Waals surface area contributed by atoms with Crippen molar-refractivity contribution in [1.82, 2.24) is 5.32 Å². The summed E-state index contributed by atoms with van der Waals surface area (Å²) in [5, 5.41) is 3.31. The molecule has 1 unspecified atom stereocenters. The van der Waals surface area contributed by atoms with Crippen LogP contribution in [0.3, 0.4) is 0 Å². The van der Waals surface area contributed by atoms with Gasteiger partial charge in [-0.1, -0.05) is 12.8 Å². The molecule has 4 heteroatoms. The van der Waals surface area contributed by atoms with E-state index in [-0.39, 0.29) is 12.1 Å². The maximum absolute atomic E-state index is 5.30. The molecule has 0 radical (unpaired) electrons. The van der Waals surface area contributed by atoms with Crippen molar-refractivity contribution in [3.8, 4) is 0 Å². The van der Waals surface area contributed by atoms with Gasteiger partial charge in [-0.15, -0.1) is 0 Å². The van der Waals surface area contributed by atoms with E-state index in [2.05, 4.69) is 10.3 Å². The number of guanidine groups is 1. The average Bonchev–Trinajstić information content (AvgIpc) is 1.93. The van der Waals surface area contributed by atoms with Gasteiger partial charge in [0.15, 0.2) is 5.96 Å². The van der Waals surface area contributed by atoms with Crippen LogP contribution >= 0.6 is 0 Å². The van der Waals surface area contributed by atoms with Crippen LogP contribution in [0.1, 0.15) is 32.1 Å². The van der Waals surface area contributed by atoms with Crippen molar-refractivity contribution in [2.45, 2.75) is 38.3 Å². The second-order valence-corrected chi connectivity index (χ2v) is 3.23. The van der Waals surface area contributed by atoms with Crippen LogP contribution < -0.4 is 16.8 Å². The molecule has 4 nitrogen and oxygen atoms in total. The first-order valence-corrected chi connectivity index (χ1v) is 4.61. The number of hydrogen-bond acceptors (Lipinski definition) is 2. The summed E-state index contributed by atoms with van der Waals surface area (Å²) in [5.41, 5.74) is 10.6. The van der Waals surface area contributed by atoms with Crippen LogP contribution in [0.2, 0.25) is 0 Å². The molecule has 0 bridgehead atoms. The molecule has 0 saturated carbocycles. The molecular formula is C8H18N4. The third-order valence-corrected chi connectivity index (χ3v) is 2.09. The first kappa shape index (κ1) is 9.32. The van der Waals surface area contributed by atoms with E-state index in [1.54, 1.807) is 0 Å². The number of rotatable bonds is 1. The van der Waals surface area contributed by atoms with Gasteiger partial charge < -0.3 is 11.5 Å². The van der Waals surface area contributed by atoms with Gasteiger partial charge in [0.1, 0.15) is 6.17 Å². The quantitative estimate of drug-likeness (QED) is 0.387. The SMILES string of the molecule is NC(N)=NC1CCCCCCN1.